The number of rotatable bonds is 6. The summed E-state index contributed by atoms with van der Waals surface area (Å²) in [6, 6.07) is 17.1. The summed E-state index contributed by atoms with van der Waals surface area (Å²) in [5, 5.41) is 3.17. The van der Waals surface area contributed by atoms with E-state index >= 15 is 0 Å². The van der Waals surface area contributed by atoms with E-state index in [-0.39, 0.29) is 17.4 Å². The monoisotopic (exact) mass is 420 g/mol. The van der Waals surface area contributed by atoms with Gasteiger partial charge >= 0.3 is 0 Å². The molecule has 5 heteroatoms. The molecule has 3 aliphatic rings. The fraction of sp³-hybridized carbons (Fsp3) is 0.500. The number of likely N-dealkylation sites (tertiary alicyclic amines) is 1. The zero-order valence-corrected chi connectivity index (χ0v) is 18.3. The Morgan fingerprint density at radius 3 is 2.58 bits per heavy atom. The van der Waals surface area contributed by atoms with Gasteiger partial charge in [-0.2, -0.15) is 0 Å². The molecule has 2 fully saturated rings. The average Bonchev–Trinajstić information content (AvgIpc) is 3.60. The highest BCUT2D eigenvalue weighted by Crippen LogP contribution is 2.46. The molecule has 5 nitrogen and oxygen atoms in total. The topological polar surface area (TPSA) is 50.8 Å². The molecule has 0 radical (unpaired) electrons. The Hall–Kier alpha value is -2.53. The van der Waals surface area contributed by atoms with E-state index in [9.17, 15) is 4.79 Å². The maximum absolute atomic E-state index is 12.6. The molecule has 31 heavy (non-hydrogen) atoms. The summed E-state index contributed by atoms with van der Waals surface area (Å²) in [5.41, 5.74) is 2.34. The van der Waals surface area contributed by atoms with Crippen LogP contribution in [0.1, 0.15) is 55.6 Å². The first-order chi connectivity index (χ1) is 15.1. The number of hydrogen-bond acceptors (Lipinski definition) is 4. The summed E-state index contributed by atoms with van der Waals surface area (Å²) in [7, 11) is 1.70. The molecule has 1 atom stereocenters. The van der Waals surface area contributed by atoms with Crippen molar-refractivity contribution in [1.82, 2.24) is 10.2 Å². The number of ether oxygens (including phenoxy) is 2. The Bertz CT molecular complexity index is 915. The number of amides is 1. The summed E-state index contributed by atoms with van der Waals surface area (Å²) < 4.78 is 11.9. The van der Waals surface area contributed by atoms with Gasteiger partial charge in [-0.25, -0.2) is 0 Å². The number of para-hydroxylation sites is 1. The first-order valence-electron chi connectivity index (χ1n) is 11.6. The summed E-state index contributed by atoms with van der Waals surface area (Å²) in [6.45, 7) is 2.97. The van der Waals surface area contributed by atoms with E-state index in [4.69, 9.17) is 9.47 Å². The van der Waals surface area contributed by atoms with E-state index in [1.807, 2.05) is 18.2 Å². The van der Waals surface area contributed by atoms with Gasteiger partial charge in [0, 0.05) is 38.0 Å². The number of nitrogens with zero attached hydrogens (tertiary/aromatic N) is 1. The maximum atomic E-state index is 12.6. The van der Waals surface area contributed by atoms with E-state index in [2.05, 4.69) is 40.5 Å². The Morgan fingerprint density at radius 1 is 1.13 bits per heavy atom. The van der Waals surface area contributed by atoms with Gasteiger partial charge in [-0.05, 0) is 61.4 Å². The first kappa shape index (κ1) is 20.4. The number of piperidine rings is 1. The minimum atomic E-state index is -0.157. The molecule has 2 heterocycles. The van der Waals surface area contributed by atoms with Crippen molar-refractivity contribution < 1.29 is 14.3 Å². The van der Waals surface area contributed by atoms with Gasteiger partial charge in [0.15, 0.2) is 0 Å². The lowest BCUT2D eigenvalue weighted by atomic mass is 9.76. The lowest BCUT2D eigenvalue weighted by molar-refractivity contribution is -0.122. The number of carbonyl (C=O) groups is 1. The molecule has 2 aromatic carbocycles. The molecule has 1 saturated carbocycles. The highest BCUT2D eigenvalue weighted by Gasteiger charge is 2.43. The van der Waals surface area contributed by atoms with Gasteiger partial charge in [0.05, 0.1) is 7.11 Å². The van der Waals surface area contributed by atoms with Gasteiger partial charge in [-0.1, -0.05) is 30.3 Å². The summed E-state index contributed by atoms with van der Waals surface area (Å²) in [5.74, 6) is 2.29. The Balaban J connectivity index is 1.24. The van der Waals surface area contributed by atoms with Crippen LogP contribution in [0, 0.1) is 0 Å². The number of hydrogen-bond donors (Lipinski definition) is 1. The highest BCUT2D eigenvalue weighted by molar-refractivity contribution is 5.77. The van der Waals surface area contributed by atoms with E-state index < -0.39 is 0 Å². The number of nitrogens with one attached hydrogen (secondary N) is 1. The molecule has 0 bridgehead atoms. The van der Waals surface area contributed by atoms with Gasteiger partial charge in [0.25, 0.3) is 0 Å². The molecule has 1 saturated heterocycles. The Kier molecular flexibility index (Phi) is 5.61. The predicted molar refractivity (Wildman–Crippen MR) is 120 cm³/mol. The van der Waals surface area contributed by atoms with Crippen LogP contribution in [0.2, 0.25) is 0 Å². The smallest absolute Gasteiger partial charge is 0.220 e. The summed E-state index contributed by atoms with van der Waals surface area (Å²) in [6.07, 6.45) is 5.75. The van der Waals surface area contributed by atoms with Gasteiger partial charge in [0.2, 0.25) is 5.91 Å². The quantitative estimate of drug-likeness (QED) is 0.759. The van der Waals surface area contributed by atoms with E-state index in [0.717, 1.165) is 63.2 Å². The average molecular weight is 421 g/mol. The van der Waals surface area contributed by atoms with Gasteiger partial charge in [0.1, 0.15) is 17.1 Å². The highest BCUT2D eigenvalue weighted by atomic mass is 16.5. The second kappa shape index (κ2) is 8.54. The largest absolute Gasteiger partial charge is 0.497 e. The molecule has 1 aliphatic carbocycles. The van der Waals surface area contributed by atoms with Crippen LogP contribution >= 0.6 is 0 Å². The van der Waals surface area contributed by atoms with Crippen molar-refractivity contribution >= 4 is 5.91 Å². The van der Waals surface area contributed by atoms with Crippen LogP contribution in [0.15, 0.2) is 48.5 Å². The van der Waals surface area contributed by atoms with Crippen LogP contribution in [0.3, 0.4) is 0 Å². The standard InChI is InChI=1S/C26H32N2O3/c1-30-22-10-6-19(7-11-22)18-28-14-12-26(13-15-28)17-20(16-25(29)27-21-8-9-21)23-4-2-3-5-24(23)31-26/h2-7,10-11,20-21H,8-9,12-18H2,1H3,(H,27,29)/t20-/m0/s1. The molecule has 1 N–H and O–H groups in total. The van der Waals surface area contributed by atoms with Crippen LogP contribution in [0.25, 0.3) is 0 Å². The fourth-order valence-corrected chi connectivity index (χ4v) is 5.08. The Morgan fingerprint density at radius 2 is 1.87 bits per heavy atom. The van der Waals surface area contributed by atoms with E-state index in [1.165, 1.54) is 11.1 Å². The van der Waals surface area contributed by atoms with Gasteiger partial charge < -0.3 is 14.8 Å². The normalized spacial score (nSPS) is 22.4. The molecule has 2 aliphatic heterocycles. The zero-order valence-electron chi connectivity index (χ0n) is 18.3. The van der Waals surface area contributed by atoms with E-state index in [1.54, 1.807) is 7.11 Å². The maximum Gasteiger partial charge on any atom is 0.220 e. The molecule has 0 aromatic heterocycles. The van der Waals surface area contributed by atoms with Crippen molar-refractivity contribution in [3.05, 3.63) is 59.7 Å². The van der Waals surface area contributed by atoms with E-state index in [0.29, 0.717) is 12.5 Å². The number of carbonyl (C=O) groups excluding carboxylic acids is 1. The molecule has 1 spiro atoms. The minimum Gasteiger partial charge on any atom is -0.497 e. The zero-order chi connectivity index (χ0) is 21.3. The fourth-order valence-electron chi connectivity index (χ4n) is 5.08. The first-order valence-corrected chi connectivity index (χ1v) is 11.6. The molecule has 164 valence electrons. The number of methoxy groups -OCH3 is 1. The predicted octanol–water partition coefficient (Wildman–Crippen LogP) is 4.26. The molecular formula is C26H32N2O3. The second-order valence-electron chi connectivity index (χ2n) is 9.39. The van der Waals surface area contributed by atoms with Gasteiger partial charge in [-0.15, -0.1) is 0 Å². The lowest BCUT2D eigenvalue weighted by Crippen LogP contribution is -2.50. The Labute approximate surface area is 184 Å². The minimum absolute atomic E-state index is 0.157. The lowest BCUT2D eigenvalue weighted by Gasteiger charge is -2.47. The number of fused-ring (bicyclic) bond motifs is 1. The van der Waals surface area contributed by atoms with Crippen molar-refractivity contribution in [3.8, 4) is 11.5 Å². The van der Waals surface area contributed by atoms with Crippen molar-refractivity contribution in [2.24, 2.45) is 0 Å². The third-order valence-electron chi connectivity index (χ3n) is 7.01. The summed E-state index contributed by atoms with van der Waals surface area (Å²) in [4.78, 5) is 15.1. The van der Waals surface area contributed by atoms with Crippen molar-refractivity contribution in [2.75, 3.05) is 20.2 Å². The van der Waals surface area contributed by atoms with Crippen LogP contribution in [0.5, 0.6) is 11.5 Å². The van der Waals surface area contributed by atoms with Crippen LogP contribution in [-0.2, 0) is 11.3 Å². The van der Waals surface area contributed by atoms with Crippen LogP contribution < -0.4 is 14.8 Å². The SMILES string of the molecule is COc1ccc(CN2CCC3(CC2)C[C@H](CC(=O)NC2CC2)c2ccccc2O3)cc1. The van der Waals surface area contributed by atoms with Crippen LogP contribution in [-0.4, -0.2) is 42.6 Å². The third kappa shape index (κ3) is 4.72. The van der Waals surface area contributed by atoms with Crippen molar-refractivity contribution in [1.29, 1.82) is 0 Å². The molecular weight excluding hydrogens is 388 g/mol. The summed E-state index contributed by atoms with van der Waals surface area (Å²) >= 11 is 0. The van der Waals surface area contributed by atoms with Crippen molar-refractivity contribution in [2.45, 2.75) is 62.6 Å². The third-order valence-corrected chi connectivity index (χ3v) is 7.01. The second-order valence-corrected chi connectivity index (χ2v) is 9.39. The molecule has 1 amide bonds. The number of benzene rings is 2. The molecule has 5 rings (SSSR count). The van der Waals surface area contributed by atoms with Gasteiger partial charge in [-0.3, -0.25) is 9.69 Å². The molecule has 0 unspecified atom stereocenters. The molecule has 2 aromatic rings. The van der Waals surface area contributed by atoms with Crippen LogP contribution in [0.4, 0.5) is 0 Å². The van der Waals surface area contributed by atoms with Crippen molar-refractivity contribution in [3.63, 3.8) is 0 Å².